The Morgan fingerprint density at radius 3 is 2.35 bits per heavy atom. The van der Waals surface area contributed by atoms with Gasteiger partial charge in [-0.15, -0.1) is 0 Å². The molecule has 2 atom stereocenters. The van der Waals surface area contributed by atoms with Gasteiger partial charge in [0.1, 0.15) is 17.8 Å². The fraction of sp³-hybridized carbons (Fsp3) is 0.167. The van der Waals surface area contributed by atoms with Crippen LogP contribution < -0.4 is 5.32 Å². The molecule has 0 radical (unpaired) electrons. The van der Waals surface area contributed by atoms with E-state index in [1.807, 2.05) is 6.07 Å². The Balaban J connectivity index is 1.72. The van der Waals surface area contributed by atoms with Gasteiger partial charge in [0, 0.05) is 11.8 Å². The molecule has 2 unspecified atom stereocenters. The molecule has 10 heteroatoms. The summed E-state index contributed by atoms with van der Waals surface area (Å²) in [5.74, 6) is -3.15. The first-order valence-corrected chi connectivity index (χ1v) is 10.1. The SMILES string of the molecule is Cc1nn2c(c1-c1ccc(C(F)(F)F)cc1)NC=CC2C(=O)C(C(=O)O)c1ccc(C#N)cc1. The summed E-state index contributed by atoms with van der Waals surface area (Å²) in [6, 6.07) is 11.2. The summed E-state index contributed by atoms with van der Waals surface area (Å²) in [5.41, 5.74) is 1.17. The molecule has 172 valence electrons. The van der Waals surface area contributed by atoms with Gasteiger partial charge in [0.25, 0.3) is 0 Å². The lowest BCUT2D eigenvalue weighted by Gasteiger charge is -2.23. The standard InChI is InChI=1S/C24H17F3N4O3/c1-13-19(15-6-8-17(9-7-15)24(25,26)27)22-29-11-10-18(31(22)30-13)21(32)20(23(33)34)16-4-2-14(12-28)3-5-16/h2-11,18,20,29H,1H3,(H,33,34). The minimum Gasteiger partial charge on any atom is -0.480 e. The predicted octanol–water partition coefficient (Wildman–Crippen LogP) is 4.67. The number of rotatable bonds is 5. The van der Waals surface area contributed by atoms with Crippen molar-refractivity contribution in [3.8, 4) is 17.2 Å². The number of ketones is 1. The number of allylic oxidation sites excluding steroid dienone is 1. The van der Waals surface area contributed by atoms with Crippen LogP contribution in [0.4, 0.5) is 19.0 Å². The molecule has 3 aromatic rings. The highest BCUT2D eigenvalue weighted by molar-refractivity contribution is 6.06. The van der Waals surface area contributed by atoms with Crippen molar-refractivity contribution in [2.75, 3.05) is 5.32 Å². The first-order valence-electron chi connectivity index (χ1n) is 10.1. The summed E-state index contributed by atoms with van der Waals surface area (Å²) in [4.78, 5) is 25.4. The smallest absolute Gasteiger partial charge is 0.416 e. The molecule has 1 aromatic heterocycles. The van der Waals surface area contributed by atoms with Gasteiger partial charge < -0.3 is 10.4 Å². The second kappa shape index (κ2) is 8.51. The van der Waals surface area contributed by atoms with Crippen LogP contribution in [0.1, 0.15) is 34.3 Å². The highest BCUT2D eigenvalue weighted by Gasteiger charge is 2.37. The number of aromatic nitrogens is 2. The summed E-state index contributed by atoms with van der Waals surface area (Å²) < 4.78 is 40.2. The number of carboxylic acids is 1. The van der Waals surface area contributed by atoms with Gasteiger partial charge >= 0.3 is 12.1 Å². The fourth-order valence-corrected chi connectivity index (χ4v) is 3.92. The van der Waals surface area contributed by atoms with E-state index in [9.17, 15) is 27.9 Å². The minimum atomic E-state index is -4.47. The van der Waals surface area contributed by atoms with Crippen LogP contribution in [0.15, 0.2) is 60.8 Å². The number of carbonyl (C=O) groups is 2. The summed E-state index contributed by atoms with van der Waals surface area (Å²) in [5, 5.41) is 26.1. The molecule has 0 fully saturated rings. The van der Waals surface area contributed by atoms with Crippen LogP contribution in [0.2, 0.25) is 0 Å². The third-order valence-corrected chi connectivity index (χ3v) is 5.54. The normalized spacial score (nSPS) is 15.7. The molecule has 0 spiro atoms. The van der Waals surface area contributed by atoms with Crippen molar-refractivity contribution in [2.45, 2.75) is 25.1 Å². The molecule has 2 heterocycles. The third kappa shape index (κ3) is 4.03. The van der Waals surface area contributed by atoms with Crippen LogP contribution in [-0.4, -0.2) is 26.6 Å². The van der Waals surface area contributed by atoms with E-state index in [4.69, 9.17) is 5.26 Å². The average molecular weight is 466 g/mol. The zero-order valence-electron chi connectivity index (χ0n) is 17.7. The molecular weight excluding hydrogens is 449 g/mol. The summed E-state index contributed by atoms with van der Waals surface area (Å²) in [6.45, 7) is 1.65. The maximum absolute atomic E-state index is 13.4. The molecule has 2 aromatic carbocycles. The van der Waals surface area contributed by atoms with Crippen molar-refractivity contribution in [1.29, 1.82) is 5.26 Å². The molecule has 1 aliphatic rings. The van der Waals surface area contributed by atoms with Crippen LogP contribution in [0, 0.1) is 18.3 Å². The number of nitriles is 1. The van der Waals surface area contributed by atoms with E-state index < -0.39 is 35.5 Å². The zero-order chi connectivity index (χ0) is 24.6. The van der Waals surface area contributed by atoms with Crippen molar-refractivity contribution in [3.63, 3.8) is 0 Å². The quantitative estimate of drug-likeness (QED) is 0.530. The number of carbonyl (C=O) groups excluding carboxylic acids is 1. The molecule has 0 saturated heterocycles. The van der Waals surface area contributed by atoms with Gasteiger partial charge in [-0.3, -0.25) is 9.59 Å². The first-order chi connectivity index (χ1) is 16.1. The van der Waals surface area contributed by atoms with E-state index in [1.165, 1.54) is 53.4 Å². The minimum absolute atomic E-state index is 0.219. The van der Waals surface area contributed by atoms with E-state index in [-0.39, 0.29) is 5.56 Å². The number of carboxylic acid groups (broad SMARTS) is 1. The van der Waals surface area contributed by atoms with E-state index in [2.05, 4.69) is 10.4 Å². The number of anilines is 1. The van der Waals surface area contributed by atoms with Crippen molar-refractivity contribution >= 4 is 17.6 Å². The number of fused-ring (bicyclic) bond motifs is 1. The number of alkyl halides is 3. The summed E-state index contributed by atoms with van der Waals surface area (Å²) >= 11 is 0. The summed E-state index contributed by atoms with van der Waals surface area (Å²) in [6.07, 6.45) is -1.52. The number of benzene rings is 2. The van der Waals surface area contributed by atoms with E-state index in [1.54, 1.807) is 6.92 Å². The van der Waals surface area contributed by atoms with Crippen LogP contribution in [0.25, 0.3) is 11.1 Å². The van der Waals surface area contributed by atoms with Crippen molar-refractivity contribution in [1.82, 2.24) is 9.78 Å². The Labute approximate surface area is 191 Å². The van der Waals surface area contributed by atoms with Gasteiger partial charge in [-0.05, 0) is 48.4 Å². The molecule has 0 aliphatic carbocycles. The lowest BCUT2D eigenvalue weighted by Crippen LogP contribution is -2.31. The maximum Gasteiger partial charge on any atom is 0.416 e. The molecule has 4 rings (SSSR count). The number of halogens is 3. The number of nitrogens with zero attached hydrogens (tertiary/aromatic N) is 3. The third-order valence-electron chi connectivity index (χ3n) is 5.54. The monoisotopic (exact) mass is 466 g/mol. The molecule has 0 bridgehead atoms. The number of nitrogens with one attached hydrogen (secondary N) is 1. The Morgan fingerprint density at radius 2 is 1.79 bits per heavy atom. The zero-order valence-corrected chi connectivity index (χ0v) is 17.7. The van der Waals surface area contributed by atoms with Gasteiger partial charge in [0.15, 0.2) is 5.78 Å². The lowest BCUT2D eigenvalue weighted by atomic mass is 9.90. The molecule has 0 saturated carbocycles. The van der Waals surface area contributed by atoms with Crippen molar-refractivity contribution in [2.24, 2.45) is 0 Å². The molecule has 2 N–H and O–H groups in total. The van der Waals surface area contributed by atoms with Crippen molar-refractivity contribution < 1.29 is 27.9 Å². The molecule has 34 heavy (non-hydrogen) atoms. The molecular formula is C24H17F3N4O3. The van der Waals surface area contributed by atoms with E-state index in [0.717, 1.165) is 12.1 Å². The maximum atomic E-state index is 13.4. The highest BCUT2D eigenvalue weighted by Crippen LogP contribution is 2.38. The van der Waals surface area contributed by atoms with E-state index in [0.29, 0.717) is 28.2 Å². The number of Topliss-reactive ketones (excluding diaryl/α,β-unsaturated/α-hetero) is 1. The van der Waals surface area contributed by atoms with Crippen LogP contribution in [-0.2, 0) is 15.8 Å². The summed E-state index contributed by atoms with van der Waals surface area (Å²) in [7, 11) is 0. The van der Waals surface area contributed by atoms with Gasteiger partial charge in [0.2, 0.25) is 0 Å². The second-order valence-corrected chi connectivity index (χ2v) is 7.68. The predicted molar refractivity (Wildman–Crippen MR) is 116 cm³/mol. The molecule has 7 nitrogen and oxygen atoms in total. The largest absolute Gasteiger partial charge is 0.480 e. The Morgan fingerprint density at radius 1 is 1.15 bits per heavy atom. The average Bonchev–Trinajstić information content (AvgIpc) is 3.14. The number of aliphatic carboxylic acids is 1. The van der Waals surface area contributed by atoms with Crippen molar-refractivity contribution in [3.05, 3.63) is 83.2 Å². The van der Waals surface area contributed by atoms with Gasteiger partial charge in [-0.2, -0.15) is 23.5 Å². The first kappa shape index (κ1) is 22.8. The molecule has 1 aliphatic heterocycles. The van der Waals surface area contributed by atoms with Crippen LogP contribution in [0.3, 0.4) is 0 Å². The van der Waals surface area contributed by atoms with Gasteiger partial charge in [0.05, 0.1) is 22.9 Å². The van der Waals surface area contributed by atoms with Crippen LogP contribution >= 0.6 is 0 Å². The number of hydrogen-bond donors (Lipinski definition) is 2. The second-order valence-electron chi connectivity index (χ2n) is 7.68. The van der Waals surface area contributed by atoms with Gasteiger partial charge in [-0.25, -0.2) is 4.68 Å². The highest BCUT2D eigenvalue weighted by atomic mass is 19.4. The lowest BCUT2D eigenvalue weighted by molar-refractivity contribution is -0.143. The molecule has 0 amide bonds. The topological polar surface area (TPSA) is 108 Å². The Bertz CT molecular complexity index is 1330. The Kier molecular flexibility index (Phi) is 5.71. The van der Waals surface area contributed by atoms with E-state index >= 15 is 0 Å². The fourth-order valence-electron chi connectivity index (χ4n) is 3.92. The van der Waals surface area contributed by atoms with Gasteiger partial charge in [-0.1, -0.05) is 24.3 Å². The van der Waals surface area contributed by atoms with Crippen LogP contribution in [0.5, 0.6) is 0 Å². The Hall–Kier alpha value is -4.39. The number of hydrogen-bond acceptors (Lipinski definition) is 5. The number of aryl methyl sites for hydroxylation is 1.